The number of rotatable bonds is 11. The van der Waals surface area contributed by atoms with Gasteiger partial charge in [-0.1, -0.05) is 36.5 Å². The lowest BCUT2D eigenvalue weighted by Gasteiger charge is -2.32. The lowest BCUT2D eigenvalue weighted by Crippen LogP contribution is -2.41. The second kappa shape index (κ2) is 15.6. The smallest absolute Gasteiger partial charge is 0.399 e. The topological polar surface area (TPSA) is 130 Å². The molecule has 0 saturated carbocycles. The third-order valence-corrected chi connectivity index (χ3v) is 12.5. The number of amides is 1. The van der Waals surface area contributed by atoms with Crippen molar-refractivity contribution in [2.24, 2.45) is 13.0 Å². The molecule has 6 aromatic rings. The van der Waals surface area contributed by atoms with Gasteiger partial charge in [-0.25, -0.2) is 22.5 Å². The molecule has 2 N–H and O–H groups in total. The number of fused-ring (bicyclic) bond motifs is 3. The molecular weight excluding hydrogens is 861 g/mol. The minimum Gasteiger partial charge on any atom is -0.399 e. The summed E-state index contributed by atoms with van der Waals surface area (Å²) >= 11 is 7.98. The van der Waals surface area contributed by atoms with Gasteiger partial charge in [-0.3, -0.25) is 23.5 Å². The molecule has 326 valence electrons. The number of hydrogen-bond acceptors (Lipinski definition) is 9. The molecule has 2 unspecified atom stereocenters. The van der Waals surface area contributed by atoms with E-state index in [1.54, 1.807) is 43.6 Å². The normalized spacial score (nSPS) is 18.2. The van der Waals surface area contributed by atoms with E-state index in [1.807, 2.05) is 27.7 Å². The van der Waals surface area contributed by atoms with Crippen molar-refractivity contribution in [1.82, 2.24) is 34.4 Å². The van der Waals surface area contributed by atoms with Crippen LogP contribution in [0.3, 0.4) is 0 Å². The molecule has 0 bridgehead atoms. The molecule has 2 aliphatic rings. The number of benzene rings is 3. The number of nitrogens with one attached hydrogen (secondary N) is 2. The molecule has 0 spiro atoms. The van der Waals surface area contributed by atoms with Crippen LogP contribution in [0.25, 0.3) is 27.5 Å². The van der Waals surface area contributed by atoms with Crippen LogP contribution in [0.1, 0.15) is 75.4 Å². The Labute approximate surface area is 360 Å². The van der Waals surface area contributed by atoms with E-state index in [1.165, 1.54) is 28.1 Å². The van der Waals surface area contributed by atoms with Crippen molar-refractivity contribution in [2.45, 2.75) is 83.6 Å². The SMILES string of the molecule is CSNc1nn(C)c2c(-n3c(C(Cc4cc(F)cc(F)c4)NC(=O)Cn4nc(C(F)F)c5c4C(F)(F)C(C)C5)nc4cc(B5OC(C)(C)C(C)(C)O5)ccc4c3=O)ccc(Cl)c12. The van der Waals surface area contributed by atoms with E-state index in [2.05, 4.69) is 20.2 Å². The number of aryl methyl sites for hydroxylation is 1. The van der Waals surface area contributed by atoms with Crippen LogP contribution < -0.4 is 21.1 Å². The Morgan fingerprint density at radius 1 is 1.03 bits per heavy atom. The Hall–Kier alpha value is -5.05. The quantitative estimate of drug-likeness (QED) is 0.0764. The van der Waals surface area contributed by atoms with Gasteiger partial charge in [0, 0.05) is 37.3 Å². The molecule has 1 aliphatic carbocycles. The highest BCUT2D eigenvalue weighted by atomic mass is 35.5. The van der Waals surface area contributed by atoms with Gasteiger partial charge in [0.25, 0.3) is 17.9 Å². The lowest BCUT2D eigenvalue weighted by molar-refractivity contribution is -0.123. The molecule has 21 heteroatoms. The number of alkyl halides is 4. The van der Waals surface area contributed by atoms with Gasteiger partial charge in [-0.15, -0.1) is 0 Å². The fraction of sp³-hybridized carbons (Fsp3) is 0.390. The second-order valence-electron chi connectivity index (χ2n) is 16.5. The van der Waals surface area contributed by atoms with E-state index in [-0.39, 0.29) is 45.0 Å². The van der Waals surface area contributed by atoms with Gasteiger partial charge in [-0.05, 0) is 81.5 Å². The Balaban J connectivity index is 1.34. The Bertz CT molecular complexity index is 2820. The number of halogens is 7. The summed E-state index contributed by atoms with van der Waals surface area (Å²) in [6.07, 6.45) is -2.19. The highest BCUT2D eigenvalue weighted by Crippen LogP contribution is 2.48. The maximum Gasteiger partial charge on any atom is 0.494 e. The van der Waals surface area contributed by atoms with Crippen LogP contribution in [-0.2, 0) is 46.5 Å². The molecule has 0 radical (unpaired) electrons. The van der Waals surface area contributed by atoms with Gasteiger partial charge in [-0.2, -0.15) is 19.0 Å². The van der Waals surface area contributed by atoms with Crippen molar-refractivity contribution in [3.05, 3.63) is 104 Å². The van der Waals surface area contributed by atoms with Crippen molar-refractivity contribution < 1.29 is 40.4 Å². The summed E-state index contributed by atoms with van der Waals surface area (Å²) in [5.41, 5.74) is -2.86. The molecular formula is C41H40BClF6N8O4S. The fourth-order valence-electron chi connectivity index (χ4n) is 8.12. The van der Waals surface area contributed by atoms with Crippen molar-refractivity contribution in [3.8, 4) is 5.69 Å². The first-order valence-electron chi connectivity index (χ1n) is 19.5. The van der Waals surface area contributed by atoms with Crippen molar-refractivity contribution in [3.63, 3.8) is 0 Å². The summed E-state index contributed by atoms with van der Waals surface area (Å²) in [4.78, 5) is 34.2. The maximum absolute atomic E-state index is 15.5. The van der Waals surface area contributed by atoms with Crippen LogP contribution in [0.15, 0.2) is 53.3 Å². The molecule has 1 amide bonds. The van der Waals surface area contributed by atoms with Crippen molar-refractivity contribution in [2.75, 3.05) is 11.0 Å². The fourth-order valence-corrected chi connectivity index (χ4v) is 8.69. The number of carbonyl (C=O) groups is 1. The molecule has 3 aromatic heterocycles. The number of anilines is 1. The van der Waals surface area contributed by atoms with E-state index in [4.69, 9.17) is 25.9 Å². The minimum absolute atomic E-state index is 0.0215. The predicted molar refractivity (Wildman–Crippen MR) is 224 cm³/mol. The third kappa shape index (κ3) is 7.41. The zero-order valence-corrected chi connectivity index (χ0v) is 36.0. The summed E-state index contributed by atoms with van der Waals surface area (Å²) in [7, 11) is 0.760. The van der Waals surface area contributed by atoms with E-state index < -0.39 is 90.1 Å². The lowest BCUT2D eigenvalue weighted by atomic mass is 9.79. The third-order valence-electron chi connectivity index (χ3n) is 11.8. The molecule has 62 heavy (non-hydrogen) atoms. The maximum atomic E-state index is 15.5. The average molecular weight is 901 g/mol. The first kappa shape index (κ1) is 43.6. The van der Waals surface area contributed by atoms with E-state index in [0.717, 1.165) is 12.1 Å². The second-order valence-corrected chi connectivity index (χ2v) is 17.6. The molecule has 2 atom stereocenters. The Morgan fingerprint density at radius 3 is 2.35 bits per heavy atom. The number of carbonyl (C=O) groups excluding carboxylic acids is 1. The number of nitrogens with zero attached hydrogens (tertiary/aromatic N) is 6. The highest BCUT2D eigenvalue weighted by Gasteiger charge is 2.53. The summed E-state index contributed by atoms with van der Waals surface area (Å²) in [5, 5.41) is 11.9. The number of aromatic nitrogens is 6. The van der Waals surface area contributed by atoms with Crippen LogP contribution >= 0.6 is 23.5 Å². The molecule has 1 aliphatic heterocycles. The first-order chi connectivity index (χ1) is 29.1. The van der Waals surface area contributed by atoms with Crippen LogP contribution in [0, 0.1) is 17.6 Å². The van der Waals surface area contributed by atoms with Gasteiger partial charge in [0.15, 0.2) is 5.82 Å². The molecule has 1 saturated heterocycles. The minimum atomic E-state index is -3.59. The summed E-state index contributed by atoms with van der Waals surface area (Å²) < 4.78 is 108. The van der Waals surface area contributed by atoms with E-state index in [9.17, 15) is 22.4 Å². The largest absolute Gasteiger partial charge is 0.494 e. The van der Waals surface area contributed by atoms with E-state index >= 15 is 13.6 Å². The number of hydrogen-bond donors (Lipinski definition) is 2. The molecule has 12 nitrogen and oxygen atoms in total. The zero-order chi connectivity index (χ0) is 44.8. The monoisotopic (exact) mass is 900 g/mol. The predicted octanol–water partition coefficient (Wildman–Crippen LogP) is 7.71. The van der Waals surface area contributed by atoms with Gasteiger partial charge < -0.3 is 19.3 Å². The molecule has 3 aromatic carbocycles. The van der Waals surface area contributed by atoms with E-state index in [0.29, 0.717) is 32.9 Å². The van der Waals surface area contributed by atoms with Crippen LogP contribution in [0.5, 0.6) is 0 Å². The molecule has 8 rings (SSSR count). The standard InChI is InChI=1S/C41H40BClF6N8O4S/c1-19-12-25-32(35(46)47)52-56(34(25)41(19,48)49)18-30(58)50-28(15-20-13-22(44)17-23(45)14-20)37-51-27-16-21(42-60-39(2,3)40(4,5)61-42)8-9-24(27)38(59)57(37)29-11-10-26(43)31-33(29)55(6)53-36(31)54-62-7/h8-11,13-14,16-17,19,28,35H,12,15,18H2,1-7H3,(H,50,58)(H,53,54). The average Bonchev–Trinajstić information content (AvgIpc) is 3.84. The van der Waals surface area contributed by atoms with Crippen LogP contribution in [0.4, 0.5) is 32.2 Å². The van der Waals surface area contributed by atoms with Gasteiger partial charge in [0.1, 0.15) is 35.4 Å². The van der Waals surface area contributed by atoms with Gasteiger partial charge in [0.2, 0.25) is 5.91 Å². The Kier molecular flexibility index (Phi) is 11.0. The summed E-state index contributed by atoms with van der Waals surface area (Å²) in [6, 6.07) is 9.19. The van der Waals surface area contributed by atoms with Crippen molar-refractivity contribution >= 4 is 69.7 Å². The molecule has 4 heterocycles. The molecule has 1 fully saturated rings. The van der Waals surface area contributed by atoms with Gasteiger partial charge in [0.05, 0.1) is 49.8 Å². The highest BCUT2D eigenvalue weighted by molar-refractivity contribution is 7.99. The van der Waals surface area contributed by atoms with Crippen molar-refractivity contribution in [1.29, 1.82) is 0 Å². The Morgan fingerprint density at radius 2 is 1.71 bits per heavy atom. The first-order valence-corrected chi connectivity index (χ1v) is 21.1. The van der Waals surface area contributed by atoms with Gasteiger partial charge >= 0.3 is 7.12 Å². The zero-order valence-electron chi connectivity index (χ0n) is 34.4. The van der Waals surface area contributed by atoms with Crippen LogP contribution in [0.2, 0.25) is 5.02 Å². The summed E-state index contributed by atoms with van der Waals surface area (Å²) in [5.74, 6) is -7.60. The summed E-state index contributed by atoms with van der Waals surface area (Å²) in [6.45, 7) is 7.78. The van der Waals surface area contributed by atoms with Crippen LogP contribution in [-0.4, -0.2) is 59.6 Å².